The lowest BCUT2D eigenvalue weighted by atomic mass is 9.95. The molecule has 21 heavy (non-hydrogen) atoms. The molecule has 1 unspecified atom stereocenters. The highest BCUT2D eigenvalue weighted by Gasteiger charge is 2.22. The Hall–Kier alpha value is -1.94. The van der Waals surface area contributed by atoms with Gasteiger partial charge in [-0.25, -0.2) is 9.97 Å². The van der Waals surface area contributed by atoms with E-state index < -0.39 is 0 Å². The molecule has 0 bridgehead atoms. The normalized spacial score (nSPS) is 15.1. The highest BCUT2D eigenvalue weighted by molar-refractivity contribution is 5.47. The van der Waals surface area contributed by atoms with Gasteiger partial charge in [-0.3, -0.25) is 0 Å². The van der Waals surface area contributed by atoms with Crippen LogP contribution in [-0.2, 0) is 6.42 Å². The minimum atomic E-state index is 0.0826. The lowest BCUT2D eigenvalue weighted by Crippen LogP contribution is -2.25. The third kappa shape index (κ3) is 3.05. The molecule has 0 saturated carbocycles. The molecule has 0 aliphatic carbocycles. The summed E-state index contributed by atoms with van der Waals surface area (Å²) in [6, 6.07) is 6.51. The fourth-order valence-electron chi connectivity index (χ4n) is 2.80. The van der Waals surface area contributed by atoms with Crippen molar-refractivity contribution in [2.45, 2.75) is 32.2 Å². The molecule has 1 aromatic heterocycles. The number of hydrogen-bond donors (Lipinski definition) is 1. The minimum Gasteiger partial charge on any atom is -0.493 e. The van der Waals surface area contributed by atoms with Crippen LogP contribution in [0.15, 0.2) is 36.9 Å². The molecule has 4 heteroatoms. The molecule has 0 radical (unpaired) electrons. The SMILES string of the molecule is CCCNC(c1cncnc1)c1cccc2c1OCCC2. The van der Waals surface area contributed by atoms with Crippen LogP contribution in [0.2, 0.25) is 0 Å². The molecule has 0 amide bonds. The number of para-hydroxylation sites is 1. The van der Waals surface area contributed by atoms with E-state index in [4.69, 9.17) is 4.74 Å². The second-order valence-corrected chi connectivity index (χ2v) is 5.35. The van der Waals surface area contributed by atoms with Crippen LogP contribution >= 0.6 is 0 Å². The van der Waals surface area contributed by atoms with E-state index in [1.807, 2.05) is 12.4 Å². The molecule has 1 N–H and O–H groups in total. The Balaban J connectivity index is 2.00. The first-order valence-electron chi connectivity index (χ1n) is 7.63. The van der Waals surface area contributed by atoms with Crippen molar-refractivity contribution in [2.24, 2.45) is 0 Å². The first kappa shape index (κ1) is 14.0. The van der Waals surface area contributed by atoms with Gasteiger partial charge in [0.1, 0.15) is 12.1 Å². The topological polar surface area (TPSA) is 47.0 Å². The molecule has 1 aliphatic heterocycles. The van der Waals surface area contributed by atoms with Gasteiger partial charge in [-0.2, -0.15) is 0 Å². The zero-order valence-corrected chi connectivity index (χ0v) is 12.4. The number of fused-ring (bicyclic) bond motifs is 1. The second kappa shape index (κ2) is 6.68. The van der Waals surface area contributed by atoms with Crippen molar-refractivity contribution < 1.29 is 4.74 Å². The van der Waals surface area contributed by atoms with Gasteiger partial charge in [0, 0.05) is 23.5 Å². The summed E-state index contributed by atoms with van der Waals surface area (Å²) in [5.74, 6) is 1.04. The van der Waals surface area contributed by atoms with Crippen LogP contribution in [-0.4, -0.2) is 23.1 Å². The molecular weight excluding hydrogens is 262 g/mol. The van der Waals surface area contributed by atoms with Crippen molar-refractivity contribution in [2.75, 3.05) is 13.2 Å². The maximum absolute atomic E-state index is 5.96. The summed E-state index contributed by atoms with van der Waals surface area (Å²) in [7, 11) is 0. The molecule has 2 heterocycles. The number of ether oxygens (including phenoxy) is 1. The molecule has 3 rings (SSSR count). The second-order valence-electron chi connectivity index (χ2n) is 5.35. The van der Waals surface area contributed by atoms with Gasteiger partial charge >= 0.3 is 0 Å². The number of aryl methyl sites for hydroxylation is 1. The van der Waals surface area contributed by atoms with E-state index in [2.05, 4.69) is 40.4 Å². The molecule has 0 fully saturated rings. The van der Waals surface area contributed by atoms with E-state index in [1.54, 1.807) is 6.33 Å². The van der Waals surface area contributed by atoms with Crippen LogP contribution < -0.4 is 10.1 Å². The summed E-state index contributed by atoms with van der Waals surface area (Å²) < 4.78 is 5.96. The number of hydrogen-bond acceptors (Lipinski definition) is 4. The Morgan fingerprint density at radius 1 is 1.29 bits per heavy atom. The van der Waals surface area contributed by atoms with Crippen LogP contribution in [0.4, 0.5) is 0 Å². The first-order chi connectivity index (χ1) is 10.4. The number of nitrogens with zero attached hydrogens (tertiary/aromatic N) is 2. The molecule has 110 valence electrons. The van der Waals surface area contributed by atoms with E-state index in [0.717, 1.165) is 43.7 Å². The fraction of sp³-hybridized carbons (Fsp3) is 0.412. The molecule has 2 aromatic rings. The van der Waals surface area contributed by atoms with Crippen LogP contribution in [0, 0.1) is 0 Å². The molecule has 1 aromatic carbocycles. The summed E-state index contributed by atoms with van der Waals surface area (Å²) in [5.41, 5.74) is 3.57. The van der Waals surface area contributed by atoms with Crippen molar-refractivity contribution in [3.8, 4) is 5.75 Å². The first-order valence-corrected chi connectivity index (χ1v) is 7.63. The summed E-state index contributed by atoms with van der Waals surface area (Å²) >= 11 is 0. The van der Waals surface area contributed by atoms with Crippen LogP contribution in [0.25, 0.3) is 0 Å². The van der Waals surface area contributed by atoms with Crippen molar-refractivity contribution in [3.05, 3.63) is 53.6 Å². The number of rotatable bonds is 5. The van der Waals surface area contributed by atoms with Crippen molar-refractivity contribution >= 4 is 0 Å². The number of nitrogens with one attached hydrogen (secondary N) is 1. The van der Waals surface area contributed by atoms with Crippen LogP contribution in [0.3, 0.4) is 0 Å². The van der Waals surface area contributed by atoms with Crippen molar-refractivity contribution in [1.82, 2.24) is 15.3 Å². The summed E-state index contributed by atoms with van der Waals surface area (Å²) in [6.07, 6.45) is 8.59. The summed E-state index contributed by atoms with van der Waals surface area (Å²) in [5, 5.41) is 3.59. The van der Waals surface area contributed by atoms with Gasteiger partial charge in [-0.1, -0.05) is 25.1 Å². The number of benzene rings is 1. The van der Waals surface area contributed by atoms with Gasteiger partial charge in [0.15, 0.2) is 0 Å². The quantitative estimate of drug-likeness (QED) is 0.916. The maximum atomic E-state index is 5.96. The van der Waals surface area contributed by atoms with Gasteiger partial charge in [-0.05, 0) is 31.4 Å². The minimum absolute atomic E-state index is 0.0826. The van der Waals surface area contributed by atoms with Gasteiger partial charge in [0.05, 0.1) is 12.6 Å². The predicted octanol–water partition coefficient (Wildman–Crippen LogP) is 2.89. The van der Waals surface area contributed by atoms with Crippen LogP contribution in [0.5, 0.6) is 5.75 Å². The Bertz CT molecular complexity index is 586. The zero-order valence-electron chi connectivity index (χ0n) is 12.4. The average Bonchev–Trinajstić information content (AvgIpc) is 2.56. The molecule has 4 nitrogen and oxygen atoms in total. The van der Waals surface area contributed by atoms with Crippen molar-refractivity contribution in [3.63, 3.8) is 0 Å². The Labute approximate surface area is 125 Å². The molecule has 1 aliphatic rings. The van der Waals surface area contributed by atoms with Crippen LogP contribution in [0.1, 0.15) is 42.5 Å². The Kier molecular flexibility index (Phi) is 4.46. The van der Waals surface area contributed by atoms with Gasteiger partial charge in [0.25, 0.3) is 0 Å². The highest BCUT2D eigenvalue weighted by atomic mass is 16.5. The molecular formula is C17H21N3O. The smallest absolute Gasteiger partial charge is 0.127 e. The third-order valence-corrected chi connectivity index (χ3v) is 3.79. The summed E-state index contributed by atoms with van der Waals surface area (Å²) in [6.45, 7) is 3.92. The van der Waals surface area contributed by atoms with E-state index in [0.29, 0.717) is 0 Å². The van der Waals surface area contributed by atoms with E-state index in [9.17, 15) is 0 Å². The maximum Gasteiger partial charge on any atom is 0.127 e. The van der Waals surface area contributed by atoms with Gasteiger partial charge in [-0.15, -0.1) is 0 Å². The van der Waals surface area contributed by atoms with E-state index in [1.165, 1.54) is 11.1 Å². The molecule has 0 saturated heterocycles. The van der Waals surface area contributed by atoms with E-state index in [-0.39, 0.29) is 6.04 Å². The molecule has 0 spiro atoms. The third-order valence-electron chi connectivity index (χ3n) is 3.79. The average molecular weight is 283 g/mol. The highest BCUT2D eigenvalue weighted by Crippen LogP contribution is 2.35. The fourth-order valence-corrected chi connectivity index (χ4v) is 2.80. The Morgan fingerprint density at radius 2 is 2.14 bits per heavy atom. The number of aromatic nitrogens is 2. The lowest BCUT2D eigenvalue weighted by Gasteiger charge is -2.26. The standard InChI is InChI=1S/C17H21N3O/c1-2-8-20-16(14-10-18-12-19-11-14)15-7-3-5-13-6-4-9-21-17(13)15/h3,5,7,10-12,16,20H,2,4,6,8-9H2,1H3. The lowest BCUT2D eigenvalue weighted by molar-refractivity contribution is 0.283. The van der Waals surface area contributed by atoms with Crippen molar-refractivity contribution in [1.29, 1.82) is 0 Å². The largest absolute Gasteiger partial charge is 0.493 e. The van der Waals surface area contributed by atoms with Gasteiger partial charge < -0.3 is 10.1 Å². The molecule has 1 atom stereocenters. The van der Waals surface area contributed by atoms with E-state index >= 15 is 0 Å². The Morgan fingerprint density at radius 3 is 2.95 bits per heavy atom. The predicted molar refractivity (Wildman–Crippen MR) is 82.4 cm³/mol. The monoisotopic (exact) mass is 283 g/mol. The summed E-state index contributed by atoms with van der Waals surface area (Å²) in [4.78, 5) is 8.32. The van der Waals surface area contributed by atoms with Gasteiger partial charge in [0.2, 0.25) is 0 Å². The zero-order chi connectivity index (χ0) is 14.5.